The van der Waals surface area contributed by atoms with Gasteiger partial charge in [0, 0.05) is 24.0 Å². The molecular formula is C20H20BrN3O3S. The Balaban J connectivity index is 1.57. The van der Waals surface area contributed by atoms with Crippen molar-refractivity contribution in [1.82, 2.24) is 14.9 Å². The molecule has 2 aromatic carbocycles. The number of methoxy groups -OCH3 is 1. The first-order chi connectivity index (χ1) is 13.5. The fourth-order valence-electron chi connectivity index (χ4n) is 2.86. The van der Waals surface area contributed by atoms with E-state index in [0.29, 0.717) is 41.6 Å². The molecule has 0 radical (unpaired) electrons. The number of hydrogen-bond acceptors (Lipinski definition) is 4. The van der Waals surface area contributed by atoms with Crippen molar-refractivity contribution in [3.05, 3.63) is 67.6 Å². The monoisotopic (exact) mass is 461 g/mol. The molecule has 0 bridgehead atoms. The van der Waals surface area contributed by atoms with Gasteiger partial charge in [-0.25, -0.2) is 0 Å². The number of hydrogen-bond donors (Lipinski definition) is 2. The van der Waals surface area contributed by atoms with Crippen LogP contribution in [0.2, 0.25) is 0 Å². The lowest BCUT2D eigenvalue weighted by Crippen LogP contribution is -2.25. The molecule has 1 heterocycles. The van der Waals surface area contributed by atoms with E-state index in [9.17, 15) is 9.59 Å². The van der Waals surface area contributed by atoms with Gasteiger partial charge < -0.3 is 15.0 Å². The Labute approximate surface area is 175 Å². The van der Waals surface area contributed by atoms with Crippen LogP contribution in [-0.2, 0) is 17.9 Å². The highest BCUT2D eigenvalue weighted by Gasteiger charge is 2.08. The maximum Gasteiger partial charge on any atom is 0.262 e. The molecule has 0 aliphatic heterocycles. The standard InChI is InChI=1S/C20H20BrN3O3S/c1-27-15-7-4-13(5-8-15)12-22-18(25)3-2-10-24-19(26)16-11-14(21)6-9-17(16)23-20(24)28/h4-9,11H,2-3,10,12H2,1H3,(H,22,25)(H,23,28). The normalized spacial score (nSPS) is 10.8. The Kier molecular flexibility index (Phi) is 6.64. The first-order valence-electron chi connectivity index (χ1n) is 8.80. The molecule has 3 aromatic rings. The molecule has 1 amide bonds. The summed E-state index contributed by atoms with van der Waals surface area (Å²) in [5.74, 6) is 0.710. The number of amides is 1. The molecule has 0 aliphatic rings. The van der Waals surface area contributed by atoms with E-state index >= 15 is 0 Å². The van der Waals surface area contributed by atoms with Crippen molar-refractivity contribution in [3.8, 4) is 5.75 Å². The highest BCUT2D eigenvalue weighted by Crippen LogP contribution is 2.15. The minimum absolute atomic E-state index is 0.0673. The summed E-state index contributed by atoms with van der Waals surface area (Å²) >= 11 is 8.68. The van der Waals surface area contributed by atoms with Crippen molar-refractivity contribution in [1.29, 1.82) is 0 Å². The van der Waals surface area contributed by atoms with Crippen LogP contribution in [0.15, 0.2) is 51.7 Å². The van der Waals surface area contributed by atoms with E-state index in [-0.39, 0.29) is 11.5 Å². The number of benzene rings is 2. The summed E-state index contributed by atoms with van der Waals surface area (Å²) < 4.78 is 7.80. The van der Waals surface area contributed by atoms with Crippen molar-refractivity contribution in [2.45, 2.75) is 25.9 Å². The Morgan fingerprint density at radius 3 is 2.71 bits per heavy atom. The van der Waals surface area contributed by atoms with Gasteiger partial charge in [0.2, 0.25) is 5.91 Å². The fraction of sp³-hybridized carbons (Fsp3) is 0.250. The number of rotatable bonds is 7. The molecule has 3 rings (SSSR count). The van der Waals surface area contributed by atoms with Crippen LogP contribution in [0.4, 0.5) is 0 Å². The van der Waals surface area contributed by atoms with Gasteiger partial charge in [0.1, 0.15) is 5.75 Å². The van der Waals surface area contributed by atoms with Gasteiger partial charge in [-0.05, 0) is 54.5 Å². The molecule has 0 saturated carbocycles. The molecule has 0 fully saturated rings. The van der Waals surface area contributed by atoms with E-state index in [1.165, 1.54) is 4.57 Å². The number of H-pyrrole nitrogens is 1. The van der Waals surface area contributed by atoms with Crippen LogP contribution in [0.5, 0.6) is 5.75 Å². The van der Waals surface area contributed by atoms with Crippen molar-refractivity contribution in [3.63, 3.8) is 0 Å². The molecule has 28 heavy (non-hydrogen) atoms. The van der Waals surface area contributed by atoms with E-state index in [1.807, 2.05) is 36.4 Å². The number of nitrogens with one attached hydrogen (secondary N) is 2. The van der Waals surface area contributed by atoms with Crippen molar-refractivity contribution >= 4 is 45.0 Å². The van der Waals surface area contributed by atoms with Crippen LogP contribution < -0.4 is 15.6 Å². The van der Waals surface area contributed by atoms with Crippen molar-refractivity contribution in [2.24, 2.45) is 0 Å². The summed E-state index contributed by atoms with van der Waals surface area (Å²) in [5.41, 5.74) is 1.54. The molecule has 146 valence electrons. The molecule has 0 aliphatic carbocycles. The zero-order chi connectivity index (χ0) is 20.1. The Bertz CT molecular complexity index is 1110. The third kappa shape index (κ3) is 4.88. The van der Waals surface area contributed by atoms with E-state index in [0.717, 1.165) is 15.8 Å². The SMILES string of the molecule is COc1ccc(CNC(=O)CCCn2c(=S)[nH]c3ccc(Br)cc3c2=O)cc1. The van der Waals surface area contributed by atoms with Crippen molar-refractivity contribution < 1.29 is 9.53 Å². The number of aromatic amines is 1. The predicted molar refractivity (Wildman–Crippen MR) is 115 cm³/mol. The molecule has 0 spiro atoms. The molecule has 6 nitrogen and oxygen atoms in total. The quantitative estimate of drug-likeness (QED) is 0.522. The Morgan fingerprint density at radius 1 is 1.25 bits per heavy atom. The molecular weight excluding hydrogens is 442 g/mol. The van der Waals surface area contributed by atoms with Crippen molar-refractivity contribution in [2.75, 3.05) is 7.11 Å². The fourth-order valence-corrected chi connectivity index (χ4v) is 3.50. The average molecular weight is 462 g/mol. The van der Waals surface area contributed by atoms with Gasteiger partial charge in [-0.2, -0.15) is 0 Å². The van der Waals surface area contributed by atoms with Crippen LogP contribution in [0.3, 0.4) is 0 Å². The van der Waals surface area contributed by atoms with E-state index in [1.54, 1.807) is 13.2 Å². The first kappa shape index (κ1) is 20.3. The third-order valence-electron chi connectivity index (χ3n) is 4.38. The Hall–Kier alpha value is -2.45. The minimum Gasteiger partial charge on any atom is -0.497 e. The number of nitrogens with zero attached hydrogens (tertiary/aromatic N) is 1. The topological polar surface area (TPSA) is 76.1 Å². The van der Waals surface area contributed by atoms with Gasteiger partial charge >= 0.3 is 0 Å². The summed E-state index contributed by atoms with van der Waals surface area (Å²) in [6, 6.07) is 13.0. The van der Waals surface area contributed by atoms with Crippen LogP contribution >= 0.6 is 28.1 Å². The summed E-state index contributed by atoms with van der Waals surface area (Å²) in [6.07, 6.45) is 0.833. The molecule has 0 unspecified atom stereocenters. The minimum atomic E-state index is -0.154. The highest BCUT2D eigenvalue weighted by molar-refractivity contribution is 9.10. The maximum absolute atomic E-state index is 12.7. The van der Waals surface area contributed by atoms with Crippen LogP contribution in [0.25, 0.3) is 10.9 Å². The summed E-state index contributed by atoms with van der Waals surface area (Å²) in [7, 11) is 1.61. The second-order valence-electron chi connectivity index (χ2n) is 6.31. The molecule has 1 aromatic heterocycles. The smallest absolute Gasteiger partial charge is 0.262 e. The lowest BCUT2D eigenvalue weighted by molar-refractivity contribution is -0.121. The lowest BCUT2D eigenvalue weighted by Gasteiger charge is -2.09. The van der Waals surface area contributed by atoms with E-state index < -0.39 is 0 Å². The average Bonchev–Trinajstić information content (AvgIpc) is 2.70. The zero-order valence-corrected chi connectivity index (χ0v) is 17.7. The van der Waals surface area contributed by atoms with Gasteiger partial charge in [0.25, 0.3) is 5.56 Å². The van der Waals surface area contributed by atoms with Gasteiger partial charge in [-0.15, -0.1) is 0 Å². The second kappa shape index (κ2) is 9.16. The van der Waals surface area contributed by atoms with E-state index in [2.05, 4.69) is 26.2 Å². The van der Waals surface area contributed by atoms with Crippen LogP contribution in [0, 0.1) is 4.77 Å². The third-order valence-corrected chi connectivity index (χ3v) is 5.19. The summed E-state index contributed by atoms with van der Waals surface area (Å²) in [5, 5.41) is 3.44. The van der Waals surface area contributed by atoms with Crippen LogP contribution in [-0.4, -0.2) is 22.6 Å². The van der Waals surface area contributed by atoms with Crippen LogP contribution in [0.1, 0.15) is 18.4 Å². The Morgan fingerprint density at radius 2 is 2.00 bits per heavy atom. The van der Waals surface area contributed by atoms with E-state index in [4.69, 9.17) is 17.0 Å². The number of carbonyl (C=O) groups excluding carboxylic acids is 1. The maximum atomic E-state index is 12.7. The van der Waals surface area contributed by atoms with Gasteiger partial charge in [0.15, 0.2) is 4.77 Å². The molecule has 8 heteroatoms. The highest BCUT2D eigenvalue weighted by atomic mass is 79.9. The largest absolute Gasteiger partial charge is 0.497 e. The zero-order valence-electron chi connectivity index (χ0n) is 15.3. The predicted octanol–water partition coefficient (Wildman–Crippen LogP) is 3.93. The molecule has 2 N–H and O–H groups in total. The van der Waals surface area contributed by atoms with Gasteiger partial charge in [0.05, 0.1) is 18.0 Å². The number of halogens is 1. The van der Waals surface area contributed by atoms with Gasteiger partial charge in [-0.1, -0.05) is 28.1 Å². The lowest BCUT2D eigenvalue weighted by atomic mass is 10.2. The van der Waals surface area contributed by atoms with Gasteiger partial charge in [-0.3, -0.25) is 14.2 Å². The first-order valence-corrected chi connectivity index (χ1v) is 10.00. The number of fused-ring (bicyclic) bond motifs is 1. The summed E-state index contributed by atoms with van der Waals surface area (Å²) in [4.78, 5) is 27.8. The summed E-state index contributed by atoms with van der Waals surface area (Å²) in [6.45, 7) is 0.833. The molecule has 0 atom stereocenters. The number of ether oxygens (including phenoxy) is 1. The second-order valence-corrected chi connectivity index (χ2v) is 7.61. The number of aromatic nitrogens is 2. The molecule has 0 saturated heterocycles. The number of carbonyl (C=O) groups is 1.